The number of aliphatic hydroxyl groups is 4. The third-order valence-corrected chi connectivity index (χ3v) is 22.2. The third kappa shape index (κ3) is 36.7. The maximum atomic E-state index is 11.6. The fourth-order valence-corrected chi connectivity index (χ4v) is 16.2. The van der Waals surface area contributed by atoms with Gasteiger partial charge < -0.3 is 53.6 Å². The maximum absolute atomic E-state index is 11.6. The fourth-order valence-electron chi connectivity index (χ4n) is 16.2. The molecule has 7 saturated carbocycles. The SMILES string of the molecule is C.CC1CC(=O)OC2CCCCC12.CCOC(=O)CC(C)C1CCCCC1O.CCOC(=O)CC(C)C1CCCCC1O.COC(=O)CC(C)C1CCCCC1=O.COC(=O)CC(C)C1CCCCC1O.COC(=O)CC(C)C1CCCCC1O.[CH2+]C(CC(=O)OCC)C1CCCCC1=O. The van der Waals surface area contributed by atoms with Crippen molar-refractivity contribution in [3.05, 3.63) is 6.92 Å². The molecular formula is C80H141O20+. The highest BCUT2D eigenvalue weighted by Gasteiger charge is 2.39. The summed E-state index contributed by atoms with van der Waals surface area (Å²) in [4.78, 5) is 101. The number of aliphatic hydroxyl groups excluding tert-OH is 4. The Balaban J connectivity index is 0.000000583. The number of hydrogen-bond acceptors (Lipinski definition) is 20. The van der Waals surface area contributed by atoms with Crippen LogP contribution in [0.5, 0.6) is 0 Å². The van der Waals surface area contributed by atoms with Crippen LogP contribution >= 0.6 is 0 Å². The predicted octanol–water partition coefficient (Wildman–Crippen LogP) is 14.6. The van der Waals surface area contributed by atoms with Crippen LogP contribution in [0.3, 0.4) is 0 Å². The number of esters is 7. The standard InChI is InChI=1S/2C12H22O3.C12H19O3.2C11H20O3.C11H18O3.C10H16O2.CH4/c3*1-3-15-12(14)8-9(2)10-6-4-5-7-11(10)13;3*1-8(7-11(13)14-2)9-5-3-4-6-10(9)12;1-7-6-10(11)12-9-5-3-2-4-8(7)9;/h2*9-11,13H,3-8H2,1-2H3;9-10H,2-8H2,1H3;2*8-10,12H,3-7H2,1-2H3;8-9H,3-7H2,1-2H3;7-9H,2-6H2,1H3;1H4/q;;+1;;;;;. The molecule has 100 heavy (non-hydrogen) atoms. The van der Waals surface area contributed by atoms with Gasteiger partial charge in [0.15, 0.2) is 0 Å². The van der Waals surface area contributed by atoms with E-state index in [1.54, 1.807) is 6.92 Å². The van der Waals surface area contributed by atoms with Gasteiger partial charge in [0.2, 0.25) is 0 Å². The lowest BCUT2D eigenvalue weighted by Gasteiger charge is -2.38. The van der Waals surface area contributed by atoms with Crippen molar-refractivity contribution in [1.29, 1.82) is 0 Å². The lowest BCUT2D eigenvalue weighted by Crippen LogP contribution is -2.39. The van der Waals surface area contributed by atoms with Crippen molar-refractivity contribution < 1.29 is 96.7 Å². The van der Waals surface area contributed by atoms with E-state index in [2.05, 4.69) is 28.1 Å². The quantitative estimate of drug-likeness (QED) is 0.0471. The zero-order chi connectivity index (χ0) is 74.0. The molecule has 8 rings (SSSR count). The largest absolute Gasteiger partial charge is 0.469 e. The van der Waals surface area contributed by atoms with E-state index in [1.807, 2.05) is 48.5 Å². The Hall–Kier alpha value is -4.66. The second kappa shape index (κ2) is 53.2. The van der Waals surface area contributed by atoms with E-state index in [0.29, 0.717) is 88.8 Å². The molecule has 20 nitrogen and oxygen atoms in total. The molecule has 8 aliphatic rings. The monoisotopic (exact) mass is 1420 g/mol. The molecule has 1 saturated heterocycles. The Morgan fingerprint density at radius 1 is 0.410 bits per heavy atom. The molecule has 7 aliphatic carbocycles. The molecule has 0 amide bonds. The number of ketones is 2. The summed E-state index contributed by atoms with van der Waals surface area (Å²) in [6.45, 7) is 22.9. The number of carbonyl (C=O) groups excluding carboxylic acids is 9. The van der Waals surface area contributed by atoms with Crippen LogP contribution in [0.1, 0.15) is 294 Å². The van der Waals surface area contributed by atoms with Gasteiger partial charge in [0.05, 0.1) is 84.8 Å². The van der Waals surface area contributed by atoms with E-state index in [-0.39, 0.29) is 163 Å². The molecule has 8 fully saturated rings. The normalized spacial score (nSPS) is 28.8. The van der Waals surface area contributed by atoms with Crippen molar-refractivity contribution in [3.8, 4) is 0 Å². The zero-order valence-corrected chi connectivity index (χ0v) is 63.4. The molecule has 1 heterocycles. The molecule has 0 radical (unpaired) electrons. The van der Waals surface area contributed by atoms with Gasteiger partial charge in [0.1, 0.15) is 23.6 Å². The average molecular weight is 1420 g/mol. The van der Waals surface area contributed by atoms with Crippen LogP contribution < -0.4 is 0 Å². The first kappa shape index (κ1) is 93.4. The summed E-state index contributed by atoms with van der Waals surface area (Å²) in [6.07, 6.45) is 31.5. The first-order chi connectivity index (χ1) is 47.2. The molecule has 0 spiro atoms. The fraction of sp³-hybridized carbons (Fsp3) is 0.875. The molecular weight excluding hydrogens is 1280 g/mol. The minimum atomic E-state index is -0.240. The second-order valence-electron chi connectivity index (χ2n) is 29.9. The van der Waals surface area contributed by atoms with Crippen LogP contribution in [0.25, 0.3) is 0 Å². The minimum Gasteiger partial charge on any atom is -0.469 e. The lowest BCUT2D eigenvalue weighted by atomic mass is 9.76. The van der Waals surface area contributed by atoms with Gasteiger partial charge in [-0.3, -0.25) is 43.2 Å². The number of methoxy groups -OCH3 is 3. The molecule has 580 valence electrons. The van der Waals surface area contributed by atoms with Crippen molar-refractivity contribution in [2.24, 2.45) is 82.9 Å². The smallest absolute Gasteiger partial charge is 0.310 e. The summed E-state index contributed by atoms with van der Waals surface area (Å²) < 4.78 is 33.9. The summed E-state index contributed by atoms with van der Waals surface area (Å²) in [6, 6.07) is 0. The van der Waals surface area contributed by atoms with Crippen molar-refractivity contribution in [2.45, 2.75) is 325 Å². The van der Waals surface area contributed by atoms with Crippen molar-refractivity contribution in [1.82, 2.24) is 0 Å². The molecule has 0 aromatic heterocycles. The van der Waals surface area contributed by atoms with Crippen molar-refractivity contribution in [2.75, 3.05) is 41.2 Å². The van der Waals surface area contributed by atoms with Gasteiger partial charge in [-0.1, -0.05) is 120 Å². The first-order valence-corrected chi connectivity index (χ1v) is 38.6. The molecule has 19 atom stereocenters. The lowest BCUT2D eigenvalue weighted by molar-refractivity contribution is -0.165. The summed E-state index contributed by atoms with van der Waals surface area (Å²) in [7, 11) is 4.20. The van der Waals surface area contributed by atoms with Gasteiger partial charge in [0.25, 0.3) is 0 Å². The summed E-state index contributed by atoms with van der Waals surface area (Å²) >= 11 is 0. The molecule has 0 aromatic rings. The zero-order valence-electron chi connectivity index (χ0n) is 63.4. The van der Waals surface area contributed by atoms with Gasteiger partial charge >= 0.3 is 41.8 Å². The second-order valence-corrected chi connectivity index (χ2v) is 29.9. The molecule has 20 heteroatoms. The number of Topliss-reactive ketones (excluding diaryl/α,β-unsaturated/α-hetero) is 2. The number of ether oxygens (including phenoxy) is 7. The third-order valence-electron chi connectivity index (χ3n) is 22.2. The molecule has 4 N–H and O–H groups in total. The van der Waals surface area contributed by atoms with E-state index >= 15 is 0 Å². The highest BCUT2D eigenvalue weighted by Crippen LogP contribution is 2.39. The number of fused-ring (bicyclic) bond motifs is 1. The van der Waals surface area contributed by atoms with Crippen molar-refractivity contribution >= 4 is 53.4 Å². The molecule has 0 bridgehead atoms. The first-order valence-electron chi connectivity index (χ1n) is 38.6. The summed E-state index contributed by atoms with van der Waals surface area (Å²) in [5.74, 6) is 2.91. The van der Waals surface area contributed by atoms with E-state index in [4.69, 9.17) is 18.9 Å². The van der Waals surface area contributed by atoms with Crippen LogP contribution in [0.4, 0.5) is 0 Å². The Morgan fingerprint density at radius 3 is 1.03 bits per heavy atom. The van der Waals surface area contributed by atoms with E-state index < -0.39 is 0 Å². The number of rotatable bonds is 21. The molecule has 0 aromatic carbocycles. The Kier molecular flexibility index (Phi) is 49.6. The van der Waals surface area contributed by atoms with E-state index in [0.717, 1.165) is 122 Å². The van der Waals surface area contributed by atoms with E-state index in [1.165, 1.54) is 66.3 Å². The van der Waals surface area contributed by atoms with Crippen LogP contribution in [0.2, 0.25) is 0 Å². The van der Waals surface area contributed by atoms with Crippen LogP contribution in [0, 0.1) is 89.8 Å². The summed E-state index contributed by atoms with van der Waals surface area (Å²) in [5, 5.41) is 39.2. The topological polar surface area (TPSA) is 299 Å². The van der Waals surface area contributed by atoms with Gasteiger partial charge in [-0.05, 0) is 182 Å². The summed E-state index contributed by atoms with van der Waals surface area (Å²) in [5.41, 5.74) is 0. The van der Waals surface area contributed by atoms with Gasteiger partial charge in [-0.25, -0.2) is 0 Å². The molecule has 1 aliphatic heterocycles. The minimum absolute atomic E-state index is 0. The predicted molar refractivity (Wildman–Crippen MR) is 386 cm³/mol. The van der Waals surface area contributed by atoms with Crippen LogP contribution in [-0.4, -0.2) is 145 Å². The van der Waals surface area contributed by atoms with Gasteiger partial charge in [0, 0.05) is 57.3 Å². The highest BCUT2D eigenvalue weighted by atomic mass is 16.6. The Morgan fingerprint density at radius 2 is 0.700 bits per heavy atom. The van der Waals surface area contributed by atoms with Crippen molar-refractivity contribution in [3.63, 3.8) is 0 Å². The van der Waals surface area contributed by atoms with Crippen LogP contribution in [-0.2, 0) is 76.3 Å². The van der Waals surface area contributed by atoms with E-state index in [9.17, 15) is 63.6 Å². The number of carbonyl (C=O) groups is 9. The average Bonchev–Trinajstić information content (AvgIpc) is 0.835. The Labute approximate surface area is 603 Å². The maximum Gasteiger partial charge on any atom is 0.310 e. The van der Waals surface area contributed by atoms with Crippen LogP contribution in [0.15, 0.2) is 0 Å². The Bertz CT molecular complexity index is 2220. The highest BCUT2D eigenvalue weighted by molar-refractivity contribution is 5.83. The molecule has 19 unspecified atom stereocenters. The van der Waals surface area contributed by atoms with Gasteiger partial charge in [-0.15, -0.1) is 0 Å². The number of hydrogen-bond donors (Lipinski definition) is 4. The van der Waals surface area contributed by atoms with Gasteiger partial charge in [-0.2, -0.15) is 0 Å².